The third kappa shape index (κ3) is 2.27. The van der Waals surface area contributed by atoms with Crippen LogP contribution in [0.4, 0.5) is 0 Å². The lowest BCUT2D eigenvalue weighted by Gasteiger charge is -2.41. The van der Waals surface area contributed by atoms with Gasteiger partial charge in [-0.3, -0.25) is 0 Å². The molecule has 0 aliphatic carbocycles. The molecule has 3 nitrogen and oxygen atoms in total. The van der Waals surface area contributed by atoms with Gasteiger partial charge in [0.1, 0.15) is 0 Å². The second-order valence-corrected chi connectivity index (χ2v) is 4.75. The Labute approximate surface area is 86.8 Å². The van der Waals surface area contributed by atoms with E-state index in [0.29, 0.717) is 12.1 Å². The van der Waals surface area contributed by atoms with Crippen molar-refractivity contribution in [1.82, 2.24) is 10.2 Å². The van der Waals surface area contributed by atoms with E-state index in [0.717, 1.165) is 5.92 Å². The molecule has 0 amide bonds. The van der Waals surface area contributed by atoms with Crippen LogP contribution in [0.25, 0.3) is 0 Å². The number of nitrogens with one attached hydrogen (secondary N) is 1. The Hall–Kier alpha value is -0.120. The first-order chi connectivity index (χ1) is 6.79. The summed E-state index contributed by atoms with van der Waals surface area (Å²) < 4.78 is 5.42. The zero-order valence-electron chi connectivity index (χ0n) is 9.33. The van der Waals surface area contributed by atoms with E-state index in [1.165, 1.54) is 39.0 Å². The van der Waals surface area contributed by atoms with Crippen LogP contribution in [0, 0.1) is 5.92 Å². The Bertz CT molecular complexity index is 182. The van der Waals surface area contributed by atoms with Crippen LogP contribution in [-0.4, -0.2) is 50.3 Å². The van der Waals surface area contributed by atoms with Crippen molar-refractivity contribution in [2.75, 3.05) is 33.3 Å². The lowest BCUT2D eigenvalue weighted by molar-refractivity contribution is 0.00745. The maximum Gasteiger partial charge on any atom is 0.0598 e. The van der Waals surface area contributed by atoms with Crippen LogP contribution in [0.5, 0.6) is 0 Å². The average Bonchev–Trinajstić information content (AvgIpc) is 2.13. The summed E-state index contributed by atoms with van der Waals surface area (Å²) in [4.78, 5) is 2.63. The summed E-state index contributed by atoms with van der Waals surface area (Å²) in [7, 11) is 1.84. The van der Waals surface area contributed by atoms with Gasteiger partial charge >= 0.3 is 0 Å². The fraction of sp³-hybridized carbons (Fsp3) is 1.00. The van der Waals surface area contributed by atoms with Crippen molar-refractivity contribution in [3.8, 4) is 0 Å². The average molecular weight is 198 g/mol. The first-order valence-corrected chi connectivity index (χ1v) is 5.77. The molecule has 3 heteroatoms. The summed E-state index contributed by atoms with van der Waals surface area (Å²) in [5.41, 5.74) is 0. The molecule has 0 bridgehead atoms. The van der Waals surface area contributed by atoms with Gasteiger partial charge in [0.05, 0.1) is 6.10 Å². The molecule has 0 aromatic rings. The molecule has 1 N–H and O–H groups in total. The van der Waals surface area contributed by atoms with E-state index in [4.69, 9.17) is 4.74 Å². The van der Waals surface area contributed by atoms with Crippen LogP contribution in [0.15, 0.2) is 0 Å². The third-order valence-electron chi connectivity index (χ3n) is 3.66. The van der Waals surface area contributed by atoms with Crippen LogP contribution < -0.4 is 5.32 Å². The molecule has 2 atom stereocenters. The fourth-order valence-electron chi connectivity index (χ4n) is 2.47. The lowest BCUT2D eigenvalue weighted by Crippen LogP contribution is -2.52. The fourth-order valence-corrected chi connectivity index (χ4v) is 2.47. The lowest BCUT2D eigenvalue weighted by atomic mass is 9.96. The third-order valence-corrected chi connectivity index (χ3v) is 3.66. The topological polar surface area (TPSA) is 24.5 Å². The monoisotopic (exact) mass is 198 g/mol. The van der Waals surface area contributed by atoms with Crippen LogP contribution >= 0.6 is 0 Å². The maximum absolute atomic E-state index is 5.42. The first kappa shape index (κ1) is 10.4. The second kappa shape index (κ2) is 4.60. The highest BCUT2D eigenvalue weighted by Crippen LogP contribution is 2.21. The number of likely N-dealkylation sites (tertiary alicyclic amines) is 1. The summed E-state index contributed by atoms with van der Waals surface area (Å²) in [5.74, 6) is 0.900. The van der Waals surface area contributed by atoms with E-state index < -0.39 is 0 Å². The molecule has 0 saturated carbocycles. The Morgan fingerprint density at radius 2 is 2.21 bits per heavy atom. The molecule has 2 rings (SSSR count). The molecular weight excluding hydrogens is 176 g/mol. The van der Waals surface area contributed by atoms with Gasteiger partial charge in [-0.1, -0.05) is 0 Å². The quantitative estimate of drug-likeness (QED) is 0.722. The van der Waals surface area contributed by atoms with Gasteiger partial charge in [0.15, 0.2) is 0 Å². The van der Waals surface area contributed by atoms with E-state index in [1.807, 2.05) is 7.11 Å². The van der Waals surface area contributed by atoms with Crippen LogP contribution in [0.3, 0.4) is 0 Å². The molecule has 2 aliphatic heterocycles. The predicted octanol–water partition coefficient (Wildman–Crippen LogP) is 0.705. The van der Waals surface area contributed by atoms with E-state index in [2.05, 4.69) is 17.1 Å². The number of nitrogens with zero attached hydrogens (tertiary/aromatic N) is 1. The normalized spacial score (nSPS) is 35.6. The zero-order chi connectivity index (χ0) is 9.97. The van der Waals surface area contributed by atoms with Crippen molar-refractivity contribution in [3.05, 3.63) is 0 Å². The van der Waals surface area contributed by atoms with Crippen LogP contribution in [0.1, 0.15) is 19.8 Å². The highest BCUT2D eigenvalue weighted by molar-refractivity contribution is 4.84. The van der Waals surface area contributed by atoms with Gasteiger partial charge in [0.2, 0.25) is 0 Å². The number of ether oxygens (including phenoxy) is 1. The molecule has 2 fully saturated rings. The van der Waals surface area contributed by atoms with Crippen LogP contribution in [-0.2, 0) is 4.74 Å². The summed E-state index contributed by atoms with van der Waals surface area (Å²) >= 11 is 0. The second-order valence-electron chi connectivity index (χ2n) is 4.75. The molecule has 2 heterocycles. The highest BCUT2D eigenvalue weighted by Gasteiger charge is 2.28. The minimum absolute atomic E-state index is 0.501. The van der Waals surface area contributed by atoms with Gasteiger partial charge in [0.25, 0.3) is 0 Å². The molecule has 2 saturated heterocycles. The molecule has 0 spiro atoms. The zero-order valence-corrected chi connectivity index (χ0v) is 9.33. The van der Waals surface area contributed by atoms with Crippen molar-refractivity contribution in [2.24, 2.45) is 5.92 Å². The van der Waals surface area contributed by atoms with Gasteiger partial charge in [-0.2, -0.15) is 0 Å². The van der Waals surface area contributed by atoms with E-state index >= 15 is 0 Å². The largest absolute Gasteiger partial charge is 0.381 e. The summed E-state index contributed by atoms with van der Waals surface area (Å²) in [6.45, 7) is 7.27. The summed E-state index contributed by atoms with van der Waals surface area (Å²) in [5, 5.41) is 3.33. The smallest absolute Gasteiger partial charge is 0.0598 e. The Balaban J connectivity index is 1.76. The van der Waals surface area contributed by atoms with Gasteiger partial charge < -0.3 is 15.0 Å². The minimum Gasteiger partial charge on any atom is -0.381 e. The molecule has 82 valence electrons. The minimum atomic E-state index is 0.501. The van der Waals surface area contributed by atoms with Crippen LogP contribution in [0.2, 0.25) is 0 Å². The number of piperidine rings is 1. The summed E-state index contributed by atoms with van der Waals surface area (Å²) in [6.07, 6.45) is 2.92. The van der Waals surface area contributed by atoms with E-state index in [-0.39, 0.29) is 0 Å². The van der Waals surface area contributed by atoms with Gasteiger partial charge in [-0.05, 0) is 25.7 Å². The Kier molecular flexibility index (Phi) is 3.42. The van der Waals surface area contributed by atoms with Gasteiger partial charge in [-0.25, -0.2) is 0 Å². The van der Waals surface area contributed by atoms with Gasteiger partial charge in [0, 0.05) is 39.3 Å². The number of methoxy groups -OCH3 is 1. The number of hydrogen-bond donors (Lipinski definition) is 1. The molecule has 0 aromatic heterocycles. The van der Waals surface area contributed by atoms with E-state index in [1.54, 1.807) is 0 Å². The maximum atomic E-state index is 5.42. The molecule has 2 aliphatic rings. The SMILES string of the molecule is COC1CCN(CC2CNC2)C(C)C1. The van der Waals surface area contributed by atoms with Crippen molar-refractivity contribution in [2.45, 2.75) is 31.9 Å². The van der Waals surface area contributed by atoms with Crippen molar-refractivity contribution >= 4 is 0 Å². The highest BCUT2D eigenvalue weighted by atomic mass is 16.5. The molecule has 2 unspecified atom stereocenters. The number of hydrogen-bond acceptors (Lipinski definition) is 3. The molecule has 0 aromatic carbocycles. The predicted molar refractivity (Wildman–Crippen MR) is 57.4 cm³/mol. The van der Waals surface area contributed by atoms with E-state index in [9.17, 15) is 0 Å². The van der Waals surface area contributed by atoms with Crippen molar-refractivity contribution in [1.29, 1.82) is 0 Å². The Morgan fingerprint density at radius 1 is 1.43 bits per heavy atom. The van der Waals surface area contributed by atoms with Gasteiger partial charge in [-0.15, -0.1) is 0 Å². The molecular formula is C11H22N2O. The van der Waals surface area contributed by atoms with Crippen molar-refractivity contribution in [3.63, 3.8) is 0 Å². The first-order valence-electron chi connectivity index (χ1n) is 5.77. The standard InChI is InChI=1S/C11H22N2O/c1-9-5-11(14-2)3-4-13(9)8-10-6-12-7-10/h9-12H,3-8H2,1-2H3. The molecule has 14 heavy (non-hydrogen) atoms. The Morgan fingerprint density at radius 3 is 2.71 bits per heavy atom. The molecule has 0 radical (unpaired) electrons. The van der Waals surface area contributed by atoms with Crippen molar-refractivity contribution < 1.29 is 4.74 Å². The number of rotatable bonds is 3. The summed E-state index contributed by atoms with van der Waals surface area (Å²) in [6, 6.07) is 0.703.